The second-order valence-corrected chi connectivity index (χ2v) is 5.16. The van der Waals surface area contributed by atoms with Gasteiger partial charge in [0.1, 0.15) is 0 Å². The topological polar surface area (TPSA) is 49.4 Å². The highest BCUT2D eigenvalue weighted by molar-refractivity contribution is 6.23. The summed E-state index contributed by atoms with van der Waals surface area (Å²) >= 11 is 0. The highest BCUT2D eigenvalue weighted by atomic mass is 16.2. The van der Waals surface area contributed by atoms with Gasteiger partial charge < -0.3 is 5.32 Å². The molecule has 2 heterocycles. The summed E-state index contributed by atoms with van der Waals surface area (Å²) in [5.74, 6) is -0.410. The molecule has 4 rings (SSSR count). The molecule has 2 aliphatic rings. The molecule has 0 unspecified atom stereocenters. The molecule has 0 saturated heterocycles. The van der Waals surface area contributed by atoms with Gasteiger partial charge >= 0.3 is 0 Å². The van der Waals surface area contributed by atoms with Crippen molar-refractivity contribution in [3.63, 3.8) is 0 Å². The molecular weight excluding hydrogens is 276 g/mol. The van der Waals surface area contributed by atoms with Crippen LogP contribution < -0.4 is 10.2 Å². The van der Waals surface area contributed by atoms with E-state index < -0.39 is 0 Å². The molecule has 4 heteroatoms. The lowest BCUT2D eigenvalue weighted by Crippen LogP contribution is -2.21. The lowest BCUT2D eigenvalue weighted by atomic mass is 10.1. The van der Waals surface area contributed by atoms with Crippen molar-refractivity contribution in [1.29, 1.82) is 0 Å². The second-order valence-electron chi connectivity index (χ2n) is 5.16. The van der Waals surface area contributed by atoms with Crippen molar-refractivity contribution in [2.45, 2.75) is 0 Å². The van der Waals surface area contributed by atoms with E-state index >= 15 is 0 Å². The Bertz CT molecular complexity index is 833. The lowest BCUT2D eigenvalue weighted by molar-refractivity contribution is -0.116. The molecule has 106 valence electrons. The zero-order valence-electron chi connectivity index (χ0n) is 11.6. The van der Waals surface area contributed by atoms with Gasteiger partial charge in [-0.05, 0) is 23.3 Å². The van der Waals surface area contributed by atoms with Crippen LogP contribution in [0.2, 0.25) is 0 Å². The molecule has 0 aliphatic carbocycles. The van der Waals surface area contributed by atoms with Gasteiger partial charge in [0.2, 0.25) is 0 Å². The van der Waals surface area contributed by atoms with Gasteiger partial charge in [0.25, 0.3) is 11.8 Å². The van der Waals surface area contributed by atoms with E-state index in [-0.39, 0.29) is 11.8 Å². The quantitative estimate of drug-likeness (QED) is 0.923. The maximum absolute atomic E-state index is 12.3. The van der Waals surface area contributed by atoms with Crippen LogP contribution in [0.25, 0.3) is 11.1 Å². The summed E-state index contributed by atoms with van der Waals surface area (Å²) in [5, 5.41) is 2.54. The number of rotatable bonds is 2. The van der Waals surface area contributed by atoms with E-state index in [2.05, 4.69) is 5.32 Å². The highest BCUT2D eigenvalue weighted by Crippen LogP contribution is 2.31. The third-order valence-electron chi connectivity index (χ3n) is 3.84. The van der Waals surface area contributed by atoms with Gasteiger partial charge in [-0.3, -0.25) is 14.5 Å². The van der Waals surface area contributed by atoms with Crippen molar-refractivity contribution in [1.82, 2.24) is 5.32 Å². The minimum atomic E-state index is -0.230. The Hall–Kier alpha value is -3.14. The molecule has 0 aromatic heterocycles. The van der Waals surface area contributed by atoms with E-state index in [0.717, 1.165) is 16.8 Å². The van der Waals surface area contributed by atoms with Crippen LogP contribution in [0.3, 0.4) is 0 Å². The number of nitrogens with one attached hydrogen (secondary N) is 1. The SMILES string of the molecule is O=C1NC=C2C(=O)N(c3ccc(-c4ccccc4)cc3)C=C12. The summed E-state index contributed by atoms with van der Waals surface area (Å²) in [6.07, 6.45) is 3.06. The van der Waals surface area contributed by atoms with E-state index in [9.17, 15) is 9.59 Å². The van der Waals surface area contributed by atoms with Gasteiger partial charge in [-0.2, -0.15) is 0 Å². The van der Waals surface area contributed by atoms with Crippen molar-refractivity contribution in [3.05, 3.63) is 78.1 Å². The molecule has 2 aromatic rings. The third kappa shape index (κ3) is 1.85. The van der Waals surface area contributed by atoms with Crippen LogP contribution in [0.5, 0.6) is 0 Å². The van der Waals surface area contributed by atoms with Crippen molar-refractivity contribution in [2.75, 3.05) is 4.90 Å². The fourth-order valence-electron chi connectivity index (χ4n) is 2.68. The molecule has 1 N–H and O–H groups in total. The van der Waals surface area contributed by atoms with Crippen molar-refractivity contribution >= 4 is 17.5 Å². The Morgan fingerprint density at radius 2 is 1.45 bits per heavy atom. The molecule has 22 heavy (non-hydrogen) atoms. The number of carbonyl (C=O) groups excluding carboxylic acids is 2. The number of carbonyl (C=O) groups is 2. The third-order valence-corrected chi connectivity index (χ3v) is 3.84. The highest BCUT2D eigenvalue weighted by Gasteiger charge is 2.35. The maximum atomic E-state index is 12.3. The molecule has 0 atom stereocenters. The summed E-state index contributed by atoms with van der Waals surface area (Å²) in [4.78, 5) is 25.4. The van der Waals surface area contributed by atoms with E-state index in [1.54, 1.807) is 6.20 Å². The van der Waals surface area contributed by atoms with Crippen LogP contribution in [0.1, 0.15) is 0 Å². The molecule has 0 fully saturated rings. The Kier molecular flexibility index (Phi) is 2.69. The average Bonchev–Trinajstić information content (AvgIpc) is 3.09. The van der Waals surface area contributed by atoms with Crippen LogP contribution in [0, 0.1) is 0 Å². The zero-order valence-corrected chi connectivity index (χ0v) is 11.6. The summed E-state index contributed by atoms with van der Waals surface area (Å²) in [6, 6.07) is 17.7. The summed E-state index contributed by atoms with van der Waals surface area (Å²) in [5.41, 5.74) is 3.81. The maximum Gasteiger partial charge on any atom is 0.264 e. The first-order valence-corrected chi connectivity index (χ1v) is 6.96. The summed E-state index contributed by atoms with van der Waals surface area (Å²) < 4.78 is 0. The first-order chi connectivity index (χ1) is 10.7. The lowest BCUT2D eigenvalue weighted by Gasteiger charge is -2.14. The molecule has 2 aliphatic heterocycles. The van der Waals surface area contributed by atoms with E-state index in [1.165, 1.54) is 11.1 Å². The number of nitrogens with zero attached hydrogens (tertiary/aromatic N) is 1. The van der Waals surface area contributed by atoms with Crippen LogP contribution in [0.15, 0.2) is 78.1 Å². The van der Waals surface area contributed by atoms with E-state index in [4.69, 9.17) is 0 Å². The van der Waals surface area contributed by atoms with Crippen LogP contribution >= 0.6 is 0 Å². The van der Waals surface area contributed by atoms with Crippen LogP contribution in [-0.4, -0.2) is 11.8 Å². The fourth-order valence-corrected chi connectivity index (χ4v) is 2.68. The fraction of sp³-hybridized carbons (Fsp3) is 0. The van der Waals surface area contributed by atoms with Crippen molar-refractivity contribution < 1.29 is 9.59 Å². The zero-order chi connectivity index (χ0) is 15.1. The number of hydrogen-bond donors (Lipinski definition) is 1. The second kappa shape index (κ2) is 4.70. The van der Waals surface area contributed by atoms with Gasteiger partial charge in [-0.15, -0.1) is 0 Å². The van der Waals surface area contributed by atoms with Gasteiger partial charge in [-0.25, -0.2) is 0 Å². The Balaban J connectivity index is 1.66. The number of anilines is 1. The number of fused-ring (bicyclic) bond motifs is 1. The Labute approximate surface area is 127 Å². The number of amides is 2. The molecule has 2 amide bonds. The Morgan fingerprint density at radius 3 is 2.14 bits per heavy atom. The first kappa shape index (κ1) is 12.6. The van der Waals surface area contributed by atoms with Crippen molar-refractivity contribution in [3.8, 4) is 11.1 Å². The molecule has 0 bridgehead atoms. The smallest absolute Gasteiger partial charge is 0.264 e. The molecule has 2 aromatic carbocycles. The molecule has 0 spiro atoms. The monoisotopic (exact) mass is 288 g/mol. The predicted octanol–water partition coefficient (Wildman–Crippen LogP) is 2.60. The summed E-state index contributed by atoms with van der Waals surface area (Å²) in [7, 11) is 0. The predicted molar refractivity (Wildman–Crippen MR) is 83.7 cm³/mol. The average molecular weight is 288 g/mol. The standard InChI is InChI=1S/C18H12N2O2/c21-17-16-11-20(18(22)15(16)10-19-17)14-8-6-13(7-9-14)12-4-2-1-3-5-12/h1-11H,(H,19,21). The van der Waals surface area contributed by atoms with Gasteiger partial charge in [0, 0.05) is 18.1 Å². The number of benzene rings is 2. The number of hydrogen-bond acceptors (Lipinski definition) is 2. The largest absolute Gasteiger partial charge is 0.328 e. The molecular formula is C18H12N2O2. The molecule has 0 saturated carbocycles. The van der Waals surface area contributed by atoms with Crippen molar-refractivity contribution in [2.24, 2.45) is 0 Å². The van der Waals surface area contributed by atoms with Gasteiger partial charge in [0.05, 0.1) is 11.1 Å². The van der Waals surface area contributed by atoms with E-state index in [0.29, 0.717) is 11.1 Å². The minimum absolute atomic E-state index is 0.180. The Morgan fingerprint density at radius 1 is 0.773 bits per heavy atom. The first-order valence-electron chi connectivity index (χ1n) is 6.96. The molecule has 0 radical (unpaired) electrons. The normalized spacial score (nSPS) is 16.3. The van der Waals surface area contributed by atoms with Crippen LogP contribution in [0.4, 0.5) is 5.69 Å². The van der Waals surface area contributed by atoms with E-state index in [1.807, 2.05) is 54.6 Å². The minimum Gasteiger partial charge on any atom is -0.328 e. The molecule has 4 nitrogen and oxygen atoms in total. The van der Waals surface area contributed by atoms with Gasteiger partial charge in [0.15, 0.2) is 0 Å². The summed E-state index contributed by atoms with van der Waals surface area (Å²) in [6.45, 7) is 0. The van der Waals surface area contributed by atoms with Gasteiger partial charge in [-0.1, -0.05) is 42.5 Å². The van der Waals surface area contributed by atoms with Crippen LogP contribution in [-0.2, 0) is 9.59 Å².